The number of hydrogen-bond acceptors (Lipinski definition) is 2. The first-order valence-electron chi connectivity index (χ1n) is 6.52. The zero-order valence-electron chi connectivity index (χ0n) is 10.5. The number of fused-ring (bicyclic) bond motifs is 1. The molecule has 0 unspecified atom stereocenters. The Hall–Kier alpha value is -0.510. The molecule has 1 heterocycles. The summed E-state index contributed by atoms with van der Waals surface area (Å²) in [5, 5.41) is 3.56. The van der Waals surface area contributed by atoms with Crippen LogP contribution in [0.5, 0.6) is 0 Å². The van der Waals surface area contributed by atoms with Crippen LogP contribution in [0.4, 0.5) is 5.69 Å². The summed E-state index contributed by atoms with van der Waals surface area (Å²) in [6.07, 6.45) is 5.06. The molecular formula is C15H15BrClNS. The van der Waals surface area contributed by atoms with E-state index in [-0.39, 0.29) is 0 Å². The minimum Gasteiger partial charge on any atom is -0.380 e. The van der Waals surface area contributed by atoms with Crippen LogP contribution in [0, 0.1) is 0 Å². The van der Waals surface area contributed by atoms with Crippen LogP contribution in [0.15, 0.2) is 28.7 Å². The van der Waals surface area contributed by atoms with E-state index in [9.17, 15) is 0 Å². The molecule has 0 saturated heterocycles. The molecule has 0 aliphatic heterocycles. The molecule has 4 heteroatoms. The summed E-state index contributed by atoms with van der Waals surface area (Å²) in [4.78, 5) is 1.25. The molecule has 1 aromatic heterocycles. The molecule has 100 valence electrons. The van der Waals surface area contributed by atoms with Crippen LogP contribution >= 0.6 is 38.9 Å². The molecule has 2 aromatic rings. The van der Waals surface area contributed by atoms with Crippen LogP contribution in [-0.2, 0) is 19.4 Å². The third-order valence-electron chi connectivity index (χ3n) is 3.55. The van der Waals surface area contributed by atoms with Gasteiger partial charge in [-0.05, 0) is 64.9 Å². The number of rotatable bonds is 3. The highest BCUT2D eigenvalue weighted by Crippen LogP contribution is 2.33. The van der Waals surface area contributed by atoms with Gasteiger partial charge in [-0.25, -0.2) is 0 Å². The summed E-state index contributed by atoms with van der Waals surface area (Å²) >= 11 is 11.2. The molecular weight excluding hydrogens is 342 g/mol. The number of thiophene rings is 1. The lowest BCUT2D eigenvalue weighted by Gasteiger charge is -2.19. The molecule has 0 bridgehead atoms. The Kier molecular flexibility index (Phi) is 4.15. The van der Waals surface area contributed by atoms with E-state index in [1.807, 2.05) is 0 Å². The Morgan fingerprint density at radius 2 is 2.11 bits per heavy atom. The minimum atomic E-state index is 0.826. The molecule has 0 radical (unpaired) electrons. The van der Waals surface area contributed by atoms with E-state index in [0.717, 1.165) is 15.4 Å². The van der Waals surface area contributed by atoms with E-state index in [1.54, 1.807) is 11.3 Å². The third kappa shape index (κ3) is 2.99. The minimum absolute atomic E-state index is 0.826. The first-order valence-corrected chi connectivity index (χ1v) is 8.51. The first-order chi connectivity index (χ1) is 9.24. The Labute approximate surface area is 131 Å². The van der Waals surface area contributed by atoms with Gasteiger partial charge in [0.05, 0.1) is 0 Å². The SMILES string of the molecule is Clc1sc(CNc2cccc3c2CCCC3)cc1Br. The van der Waals surface area contributed by atoms with Gasteiger partial charge >= 0.3 is 0 Å². The monoisotopic (exact) mass is 355 g/mol. The molecule has 1 aliphatic rings. The number of benzene rings is 1. The van der Waals surface area contributed by atoms with E-state index >= 15 is 0 Å². The van der Waals surface area contributed by atoms with Gasteiger partial charge in [0.25, 0.3) is 0 Å². The number of anilines is 1. The van der Waals surface area contributed by atoms with E-state index in [4.69, 9.17) is 11.6 Å². The fraction of sp³-hybridized carbons (Fsp3) is 0.333. The summed E-state index contributed by atoms with van der Waals surface area (Å²) in [6, 6.07) is 8.70. The number of hydrogen-bond donors (Lipinski definition) is 1. The maximum atomic E-state index is 6.07. The van der Waals surface area contributed by atoms with Crippen LogP contribution in [0.1, 0.15) is 28.8 Å². The highest BCUT2D eigenvalue weighted by molar-refractivity contribution is 9.10. The summed E-state index contributed by atoms with van der Waals surface area (Å²) in [5.41, 5.74) is 4.31. The number of aryl methyl sites for hydroxylation is 1. The quantitative estimate of drug-likeness (QED) is 0.748. The summed E-state index contributed by atoms with van der Waals surface area (Å²) in [6.45, 7) is 0.840. The zero-order valence-corrected chi connectivity index (χ0v) is 13.7. The lowest BCUT2D eigenvalue weighted by molar-refractivity contribution is 0.686. The Bertz CT molecular complexity index is 574. The van der Waals surface area contributed by atoms with Gasteiger partial charge in [0, 0.05) is 21.6 Å². The van der Waals surface area contributed by atoms with Gasteiger partial charge in [0.1, 0.15) is 4.34 Å². The van der Waals surface area contributed by atoms with E-state index in [2.05, 4.69) is 45.5 Å². The molecule has 0 amide bonds. The second-order valence-electron chi connectivity index (χ2n) is 4.84. The highest BCUT2D eigenvalue weighted by Gasteiger charge is 2.13. The Morgan fingerprint density at radius 1 is 1.26 bits per heavy atom. The molecule has 0 spiro atoms. The highest BCUT2D eigenvalue weighted by atomic mass is 79.9. The molecule has 1 aliphatic carbocycles. The van der Waals surface area contributed by atoms with Crippen molar-refractivity contribution in [2.75, 3.05) is 5.32 Å². The van der Waals surface area contributed by atoms with Crippen LogP contribution < -0.4 is 5.32 Å². The van der Waals surface area contributed by atoms with Crippen molar-refractivity contribution in [3.8, 4) is 0 Å². The van der Waals surface area contributed by atoms with Crippen molar-refractivity contribution in [2.45, 2.75) is 32.2 Å². The van der Waals surface area contributed by atoms with Crippen molar-refractivity contribution < 1.29 is 0 Å². The summed E-state index contributed by atoms with van der Waals surface area (Å²) in [5.74, 6) is 0. The third-order valence-corrected chi connectivity index (χ3v) is 6.02. The molecule has 1 nitrogen and oxygen atoms in total. The van der Waals surface area contributed by atoms with Crippen LogP contribution in [0.2, 0.25) is 4.34 Å². The molecule has 1 aromatic carbocycles. The predicted octanol–water partition coefficient (Wildman–Crippen LogP) is 5.65. The van der Waals surface area contributed by atoms with Crippen LogP contribution in [-0.4, -0.2) is 0 Å². The Morgan fingerprint density at radius 3 is 2.89 bits per heavy atom. The topological polar surface area (TPSA) is 12.0 Å². The lowest BCUT2D eigenvalue weighted by Crippen LogP contribution is -2.08. The first kappa shape index (κ1) is 13.5. The van der Waals surface area contributed by atoms with E-state index in [1.165, 1.54) is 47.4 Å². The van der Waals surface area contributed by atoms with Crippen LogP contribution in [0.25, 0.3) is 0 Å². The second-order valence-corrected chi connectivity index (χ2v) is 7.43. The molecule has 3 rings (SSSR count). The van der Waals surface area contributed by atoms with Gasteiger partial charge in [-0.1, -0.05) is 23.7 Å². The fourth-order valence-electron chi connectivity index (χ4n) is 2.61. The lowest BCUT2D eigenvalue weighted by atomic mass is 9.90. The number of halogens is 2. The maximum absolute atomic E-state index is 6.07. The van der Waals surface area contributed by atoms with Gasteiger partial charge in [-0.2, -0.15) is 0 Å². The molecule has 0 atom stereocenters. The average molecular weight is 357 g/mol. The fourth-order valence-corrected chi connectivity index (χ4v) is 4.34. The molecule has 1 N–H and O–H groups in total. The van der Waals surface area contributed by atoms with Gasteiger partial charge in [-0.3, -0.25) is 0 Å². The van der Waals surface area contributed by atoms with Crippen molar-refractivity contribution in [2.24, 2.45) is 0 Å². The van der Waals surface area contributed by atoms with E-state index < -0.39 is 0 Å². The predicted molar refractivity (Wildman–Crippen MR) is 87.4 cm³/mol. The van der Waals surface area contributed by atoms with Crippen molar-refractivity contribution in [3.05, 3.63) is 49.1 Å². The Balaban J connectivity index is 1.76. The normalized spacial score (nSPS) is 14.2. The maximum Gasteiger partial charge on any atom is 0.107 e. The largest absolute Gasteiger partial charge is 0.380 e. The smallest absolute Gasteiger partial charge is 0.107 e. The van der Waals surface area contributed by atoms with Crippen molar-refractivity contribution in [3.63, 3.8) is 0 Å². The van der Waals surface area contributed by atoms with Gasteiger partial charge < -0.3 is 5.32 Å². The molecule has 0 fully saturated rings. The van der Waals surface area contributed by atoms with Crippen LogP contribution in [0.3, 0.4) is 0 Å². The summed E-state index contributed by atoms with van der Waals surface area (Å²) < 4.78 is 1.82. The molecule has 19 heavy (non-hydrogen) atoms. The van der Waals surface area contributed by atoms with Crippen molar-refractivity contribution >= 4 is 44.6 Å². The van der Waals surface area contributed by atoms with Gasteiger partial charge in [0.2, 0.25) is 0 Å². The van der Waals surface area contributed by atoms with Crippen molar-refractivity contribution in [1.82, 2.24) is 0 Å². The standard InChI is InChI=1S/C15H15BrClNS/c16-13-8-11(19-15(13)17)9-18-14-7-3-5-10-4-1-2-6-12(10)14/h3,5,7-8,18H,1-2,4,6,9H2. The summed E-state index contributed by atoms with van der Waals surface area (Å²) in [7, 11) is 0. The number of nitrogens with one attached hydrogen (secondary N) is 1. The second kappa shape index (κ2) is 5.86. The average Bonchev–Trinajstić information content (AvgIpc) is 2.75. The van der Waals surface area contributed by atoms with E-state index in [0.29, 0.717) is 0 Å². The zero-order chi connectivity index (χ0) is 13.2. The van der Waals surface area contributed by atoms with Gasteiger partial charge in [-0.15, -0.1) is 11.3 Å². The van der Waals surface area contributed by atoms with Gasteiger partial charge in [0.15, 0.2) is 0 Å². The molecule has 0 saturated carbocycles. The van der Waals surface area contributed by atoms with Crippen molar-refractivity contribution in [1.29, 1.82) is 0 Å².